The molecule has 4 aromatic carbocycles. The van der Waals surface area contributed by atoms with Crippen LogP contribution in [0.25, 0.3) is 0 Å². The Bertz CT molecular complexity index is 3040. The number of anilines is 2. The monoisotopic (exact) mass is 1160 g/mol. The summed E-state index contributed by atoms with van der Waals surface area (Å²) in [4.78, 5) is 71.6. The Kier molecular flexibility index (Phi) is 20.4. The molecular formula is C60H69F6N9O8. The highest BCUT2D eigenvalue weighted by atomic mass is 19.4. The summed E-state index contributed by atoms with van der Waals surface area (Å²) in [6, 6.07) is 21.3. The van der Waals surface area contributed by atoms with Crippen LogP contribution in [0, 0.1) is 18.3 Å². The van der Waals surface area contributed by atoms with Crippen molar-refractivity contribution in [1.29, 1.82) is 5.26 Å². The normalized spacial score (nSPS) is 19.2. The second kappa shape index (κ2) is 27.4. The van der Waals surface area contributed by atoms with Crippen LogP contribution in [0.5, 0.6) is 0 Å². The first-order chi connectivity index (χ1) is 39.7. The zero-order valence-corrected chi connectivity index (χ0v) is 46.7. The number of carbonyl (C=O) groups is 4. The molecule has 8 rings (SSSR count). The van der Waals surface area contributed by atoms with Gasteiger partial charge in [-0.05, 0) is 106 Å². The summed E-state index contributed by atoms with van der Waals surface area (Å²) >= 11 is 0. The number of amides is 4. The van der Waals surface area contributed by atoms with Gasteiger partial charge in [-0.15, -0.1) is 0 Å². The van der Waals surface area contributed by atoms with Crippen LogP contribution < -0.4 is 9.80 Å². The molecular weight excluding hydrogens is 1090 g/mol. The Hall–Kier alpha value is -7.33. The summed E-state index contributed by atoms with van der Waals surface area (Å²) in [5.41, 5.74) is 0.601. The van der Waals surface area contributed by atoms with Gasteiger partial charge >= 0.3 is 36.4 Å². The number of hydrogen-bond acceptors (Lipinski definition) is 13. The molecule has 0 bridgehead atoms. The smallest absolute Gasteiger partial charge is 0.416 e. The number of urea groups is 2. The lowest BCUT2D eigenvalue weighted by Crippen LogP contribution is -2.53. The van der Waals surface area contributed by atoms with E-state index in [2.05, 4.69) is 25.7 Å². The van der Waals surface area contributed by atoms with E-state index in [9.17, 15) is 61.0 Å². The average molecular weight is 1160 g/mol. The fourth-order valence-electron chi connectivity index (χ4n) is 11.2. The molecule has 4 aromatic rings. The van der Waals surface area contributed by atoms with Gasteiger partial charge in [-0.1, -0.05) is 54.1 Å². The number of aliphatic hydroxyl groups is 2. The van der Waals surface area contributed by atoms with Crippen molar-refractivity contribution in [2.45, 2.75) is 58.0 Å². The summed E-state index contributed by atoms with van der Waals surface area (Å²) in [7, 11) is 0. The van der Waals surface area contributed by atoms with E-state index in [1.165, 1.54) is 47.9 Å². The quantitative estimate of drug-likeness (QED) is 0.0604. The van der Waals surface area contributed by atoms with Crippen molar-refractivity contribution in [3.05, 3.63) is 153 Å². The van der Waals surface area contributed by atoms with E-state index >= 15 is 0 Å². The van der Waals surface area contributed by atoms with Gasteiger partial charge in [0.2, 0.25) is 0 Å². The van der Waals surface area contributed by atoms with E-state index in [1.54, 1.807) is 24.3 Å². The van der Waals surface area contributed by atoms with Gasteiger partial charge in [-0.3, -0.25) is 19.6 Å². The number of nitrogens with zero attached hydrogens (tertiary/aromatic N) is 9. The van der Waals surface area contributed by atoms with Crippen molar-refractivity contribution in [3.63, 3.8) is 0 Å². The molecule has 2 saturated heterocycles. The number of halogens is 6. The minimum atomic E-state index is -4.71. The number of benzene rings is 4. The van der Waals surface area contributed by atoms with Crippen molar-refractivity contribution >= 4 is 35.4 Å². The highest BCUT2D eigenvalue weighted by molar-refractivity contribution is 6.04. The molecule has 2 fully saturated rings. The molecule has 2 N–H and O–H groups in total. The molecule has 2 atom stereocenters. The Morgan fingerprint density at radius 1 is 0.542 bits per heavy atom. The number of esters is 2. The molecule has 0 saturated carbocycles. The fourth-order valence-corrected chi connectivity index (χ4v) is 11.2. The zero-order valence-electron chi connectivity index (χ0n) is 46.7. The fraction of sp³-hybridized carbons (Fsp3) is 0.450. The minimum absolute atomic E-state index is 0.00594. The van der Waals surface area contributed by atoms with Gasteiger partial charge in [0.25, 0.3) is 0 Å². The molecule has 4 aliphatic rings. The van der Waals surface area contributed by atoms with Gasteiger partial charge < -0.3 is 39.3 Å². The van der Waals surface area contributed by atoms with Crippen LogP contribution in [-0.4, -0.2) is 182 Å². The van der Waals surface area contributed by atoms with Crippen LogP contribution in [-0.2, 0) is 31.4 Å². The van der Waals surface area contributed by atoms with Gasteiger partial charge in [0.05, 0.1) is 70.6 Å². The first-order valence-electron chi connectivity index (χ1n) is 27.7. The predicted molar refractivity (Wildman–Crippen MR) is 296 cm³/mol. The van der Waals surface area contributed by atoms with Crippen molar-refractivity contribution in [1.82, 2.24) is 29.4 Å². The lowest BCUT2D eigenvalue weighted by Gasteiger charge is -2.43. The van der Waals surface area contributed by atoms with Crippen LogP contribution >= 0.6 is 0 Å². The van der Waals surface area contributed by atoms with Crippen molar-refractivity contribution in [2.75, 3.05) is 128 Å². The lowest BCUT2D eigenvalue weighted by molar-refractivity contribution is -0.141. The number of aliphatic hydroxyl groups excluding tert-OH is 2. The molecule has 0 aliphatic carbocycles. The van der Waals surface area contributed by atoms with Gasteiger partial charge in [0.15, 0.2) is 0 Å². The average Bonchev–Trinajstić information content (AvgIpc) is 2.08. The number of carbonyl (C=O) groups excluding carboxylic acids is 4. The molecule has 2 unspecified atom stereocenters. The van der Waals surface area contributed by atoms with Crippen LogP contribution in [0.1, 0.15) is 72.2 Å². The third kappa shape index (κ3) is 14.7. The number of ether oxygens (including phenoxy) is 2. The maximum absolute atomic E-state index is 14.7. The van der Waals surface area contributed by atoms with E-state index in [1.807, 2.05) is 31.2 Å². The summed E-state index contributed by atoms with van der Waals surface area (Å²) in [6.07, 6.45) is -8.44. The van der Waals surface area contributed by atoms with Crippen molar-refractivity contribution < 1.29 is 65.2 Å². The number of alkyl halides is 6. The van der Waals surface area contributed by atoms with E-state index in [0.717, 1.165) is 105 Å². The molecule has 4 heterocycles. The zero-order chi connectivity index (χ0) is 59.6. The van der Waals surface area contributed by atoms with Gasteiger partial charge in [-0.2, -0.15) is 31.6 Å². The second-order valence-corrected chi connectivity index (χ2v) is 21.0. The lowest BCUT2D eigenvalue weighted by atomic mass is 9.92. The highest BCUT2D eigenvalue weighted by Crippen LogP contribution is 2.44. The van der Waals surface area contributed by atoms with Crippen LogP contribution in [0.4, 0.5) is 47.3 Å². The maximum Gasteiger partial charge on any atom is 0.416 e. The third-order valence-corrected chi connectivity index (χ3v) is 15.6. The van der Waals surface area contributed by atoms with Crippen LogP contribution in [0.2, 0.25) is 0 Å². The summed E-state index contributed by atoms with van der Waals surface area (Å²) in [5, 5.41) is 28.6. The van der Waals surface area contributed by atoms with Crippen LogP contribution in [0.3, 0.4) is 0 Å². The van der Waals surface area contributed by atoms with Crippen LogP contribution in [0.15, 0.2) is 120 Å². The van der Waals surface area contributed by atoms with E-state index < -0.39 is 72.8 Å². The number of aryl methyl sites for hydroxylation is 1. The number of nitriles is 1. The first-order valence-corrected chi connectivity index (χ1v) is 27.7. The van der Waals surface area contributed by atoms with Crippen molar-refractivity contribution in [3.8, 4) is 6.07 Å². The maximum atomic E-state index is 14.7. The minimum Gasteiger partial charge on any atom is -0.460 e. The topological polar surface area (TPSA) is 177 Å². The molecule has 0 aromatic heterocycles. The van der Waals surface area contributed by atoms with E-state index in [4.69, 9.17) is 9.47 Å². The molecule has 444 valence electrons. The van der Waals surface area contributed by atoms with Gasteiger partial charge in [0.1, 0.15) is 13.2 Å². The summed E-state index contributed by atoms with van der Waals surface area (Å²) < 4.78 is 94.6. The van der Waals surface area contributed by atoms with E-state index in [0.29, 0.717) is 42.6 Å². The largest absolute Gasteiger partial charge is 0.460 e. The third-order valence-electron chi connectivity index (χ3n) is 15.6. The Labute approximate surface area is 478 Å². The molecule has 83 heavy (non-hydrogen) atoms. The Morgan fingerprint density at radius 2 is 0.904 bits per heavy atom. The van der Waals surface area contributed by atoms with E-state index in [-0.39, 0.29) is 60.2 Å². The number of piperazine rings is 2. The number of rotatable bonds is 21. The predicted octanol–water partition coefficient (Wildman–Crippen LogP) is 8.21. The van der Waals surface area contributed by atoms with Gasteiger partial charge in [0, 0.05) is 89.9 Å². The Morgan fingerprint density at radius 3 is 1.25 bits per heavy atom. The first kappa shape index (κ1) is 61.7. The molecule has 0 radical (unpaired) electrons. The standard InChI is InChI=1S/C60H69F6N9O8/c1-41-12-16-45(17-13-41)53-51(55(78)82-36-34-76)42(2)74(49-10-4-8-47(38-49)59(61,62)63)57(80)72(53)22-6-20-68-24-28-70(29-25-68)32-33-71-30-26-69(27-31-71)21-7-23-73-54(46-18-14-44(40-67)15-19-46)52(56(79)83-37-35-77)43(3)75(58(73)81)50-11-5-9-48(39-50)60(64,65)66/h4-5,8-19,38-39,53-54,76-77H,6-7,20-37H2,1-3H3. The SMILES string of the molecule is CC1=C(C(=O)OCCO)C(c2ccc(C)cc2)N(CCCN2CCN(CCN3CCN(CCCN4C(=O)N(c5cccc(C(F)(F)F)c5)C(C)=C(C(=O)OCCO)C4c4ccc(C#N)cc4)CC3)CC2)C(=O)N1c1cccc(C(F)(F)F)c1. The molecule has 4 aliphatic heterocycles. The highest BCUT2D eigenvalue weighted by Gasteiger charge is 2.46. The van der Waals surface area contributed by atoms with Gasteiger partial charge in [-0.25, -0.2) is 19.2 Å². The Balaban J connectivity index is 0.860. The summed E-state index contributed by atoms with van der Waals surface area (Å²) in [6.45, 7) is 12.7. The summed E-state index contributed by atoms with van der Waals surface area (Å²) in [5.74, 6) is -1.65. The van der Waals surface area contributed by atoms with Crippen molar-refractivity contribution in [2.24, 2.45) is 0 Å². The molecule has 0 spiro atoms. The second-order valence-electron chi connectivity index (χ2n) is 21.0. The molecule has 4 amide bonds. The number of hydrogen-bond donors (Lipinski definition) is 2. The molecule has 17 nitrogen and oxygen atoms in total. The molecule has 23 heteroatoms. The number of allylic oxidation sites excluding steroid dienone is 2.